The Hall–Kier alpha value is -2.02. The van der Waals surface area contributed by atoms with E-state index in [9.17, 15) is 0 Å². The van der Waals surface area contributed by atoms with Gasteiger partial charge in [-0.15, -0.1) is 0 Å². The zero-order valence-electron chi connectivity index (χ0n) is 13.8. The van der Waals surface area contributed by atoms with Gasteiger partial charge in [0, 0.05) is 31.6 Å². The summed E-state index contributed by atoms with van der Waals surface area (Å²) in [5.41, 5.74) is 1.09. The number of benzene rings is 2. The van der Waals surface area contributed by atoms with E-state index in [2.05, 4.69) is 74.1 Å². The molecular weight excluding hydrogens is 318 g/mol. The SMILES string of the molecule is CN1CCN(Cc2n[nH]c(=S)n2-c2cccc3ccccc23)CC1. The van der Waals surface area contributed by atoms with Crippen molar-refractivity contribution in [2.75, 3.05) is 33.2 Å². The normalized spacial score (nSPS) is 16.7. The molecule has 2 aromatic carbocycles. The molecule has 3 aromatic rings. The van der Waals surface area contributed by atoms with Crippen LogP contribution in [0, 0.1) is 4.77 Å². The number of likely N-dealkylation sites (N-methyl/N-ethyl adjacent to an activating group) is 1. The summed E-state index contributed by atoms with van der Waals surface area (Å²) in [5, 5.41) is 9.88. The Labute approximate surface area is 146 Å². The van der Waals surface area contributed by atoms with E-state index < -0.39 is 0 Å². The summed E-state index contributed by atoms with van der Waals surface area (Å²) >= 11 is 5.52. The van der Waals surface area contributed by atoms with Gasteiger partial charge in [0.25, 0.3) is 0 Å². The van der Waals surface area contributed by atoms with Crippen molar-refractivity contribution >= 4 is 23.0 Å². The van der Waals surface area contributed by atoms with Crippen LogP contribution in [0.4, 0.5) is 0 Å². The molecule has 0 radical (unpaired) electrons. The lowest BCUT2D eigenvalue weighted by atomic mass is 10.1. The monoisotopic (exact) mass is 339 g/mol. The van der Waals surface area contributed by atoms with E-state index >= 15 is 0 Å². The average molecular weight is 339 g/mol. The van der Waals surface area contributed by atoms with Crippen molar-refractivity contribution in [1.82, 2.24) is 24.6 Å². The highest BCUT2D eigenvalue weighted by atomic mass is 32.1. The van der Waals surface area contributed by atoms with E-state index in [-0.39, 0.29) is 0 Å². The smallest absolute Gasteiger partial charge is 0.199 e. The molecule has 1 aliphatic heterocycles. The third-order valence-electron chi connectivity index (χ3n) is 4.71. The lowest BCUT2D eigenvalue weighted by Gasteiger charge is -2.31. The van der Waals surface area contributed by atoms with Crippen LogP contribution >= 0.6 is 12.2 Å². The Morgan fingerprint density at radius 2 is 1.79 bits per heavy atom. The zero-order chi connectivity index (χ0) is 16.5. The Morgan fingerprint density at radius 3 is 2.62 bits per heavy atom. The van der Waals surface area contributed by atoms with Crippen molar-refractivity contribution in [1.29, 1.82) is 0 Å². The third kappa shape index (κ3) is 2.88. The van der Waals surface area contributed by atoms with Crippen molar-refractivity contribution in [2.45, 2.75) is 6.54 Å². The minimum Gasteiger partial charge on any atom is -0.304 e. The van der Waals surface area contributed by atoms with Gasteiger partial charge >= 0.3 is 0 Å². The van der Waals surface area contributed by atoms with Crippen molar-refractivity contribution in [2.24, 2.45) is 0 Å². The first-order valence-corrected chi connectivity index (χ1v) is 8.68. The second kappa shape index (κ2) is 6.47. The first-order chi connectivity index (χ1) is 11.7. The molecule has 124 valence electrons. The van der Waals surface area contributed by atoms with Gasteiger partial charge in [-0.05, 0) is 30.7 Å². The van der Waals surface area contributed by atoms with Crippen LogP contribution in [0.5, 0.6) is 0 Å². The third-order valence-corrected chi connectivity index (χ3v) is 4.98. The van der Waals surface area contributed by atoms with Gasteiger partial charge in [0.15, 0.2) is 4.77 Å². The van der Waals surface area contributed by atoms with Crippen molar-refractivity contribution in [3.05, 3.63) is 53.1 Å². The molecule has 0 atom stereocenters. The standard InChI is InChI=1S/C18H21N5S/c1-21-9-11-22(12-10-21)13-17-19-20-18(24)23(17)16-8-4-6-14-5-2-3-7-15(14)16/h2-8H,9-13H2,1H3,(H,20,24). The maximum atomic E-state index is 5.52. The molecular formula is C18H21N5S. The Bertz CT molecular complexity index is 900. The number of hydrogen-bond donors (Lipinski definition) is 1. The van der Waals surface area contributed by atoms with Gasteiger partial charge in [-0.25, -0.2) is 0 Å². The highest BCUT2D eigenvalue weighted by molar-refractivity contribution is 7.71. The van der Waals surface area contributed by atoms with Crippen molar-refractivity contribution in [3.63, 3.8) is 0 Å². The number of H-pyrrole nitrogens is 1. The van der Waals surface area contributed by atoms with Crippen LogP contribution in [0.15, 0.2) is 42.5 Å². The first kappa shape index (κ1) is 15.5. The lowest BCUT2D eigenvalue weighted by molar-refractivity contribution is 0.145. The molecule has 1 aliphatic rings. The van der Waals surface area contributed by atoms with E-state index in [0.29, 0.717) is 4.77 Å². The van der Waals surface area contributed by atoms with E-state index in [0.717, 1.165) is 44.2 Å². The fourth-order valence-electron chi connectivity index (χ4n) is 3.29. The second-order valence-corrected chi connectivity index (χ2v) is 6.74. The van der Waals surface area contributed by atoms with E-state index in [1.54, 1.807) is 0 Å². The topological polar surface area (TPSA) is 40.1 Å². The van der Waals surface area contributed by atoms with Crippen LogP contribution in [-0.2, 0) is 6.54 Å². The van der Waals surface area contributed by atoms with Gasteiger partial charge in [-0.2, -0.15) is 5.10 Å². The van der Waals surface area contributed by atoms with Crippen molar-refractivity contribution < 1.29 is 0 Å². The van der Waals surface area contributed by atoms with Crippen LogP contribution in [0.25, 0.3) is 16.5 Å². The molecule has 0 bridgehead atoms. The quantitative estimate of drug-likeness (QED) is 0.745. The number of nitrogens with zero attached hydrogens (tertiary/aromatic N) is 4. The van der Waals surface area contributed by atoms with E-state index in [1.165, 1.54) is 10.8 Å². The summed E-state index contributed by atoms with van der Waals surface area (Å²) in [6, 6.07) is 14.7. The minimum absolute atomic E-state index is 0.649. The number of fused-ring (bicyclic) bond motifs is 1. The molecule has 1 aromatic heterocycles. The Morgan fingerprint density at radius 1 is 1.04 bits per heavy atom. The Kier molecular flexibility index (Phi) is 4.18. The van der Waals surface area contributed by atoms with Gasteiger partial charge < -0.3 is 4.90 Å². The molecule has 1 N–H and O–H groups in total. The van der Waals surface area contributed by atoms with Gasteiger partial charge in [0.05, 0.1) is 12.2 Å². The number of rotatable bonds is 3. The number of piperazine rings is 1. The number of hydrogen-bond acceptors (Lipinski definition) is 4. The van der Waals surface area contributed by atoms with Gasteiger partial charge in [-0.3, -0.25) is 14.6 Å². The Balaban J connectivity index is 1.73. The first-order valence-electron chi connectivity index (χ1n) is 8.28. The molecule has 0 saturated carbocycles. The fourth-order valence-corrected chi connectivity index (χ4v) is 3.54. The highest BCUT2D eigenvalue weighted by Gasteiger charge is 2.18. The number of nitrogens with one attached hydrogen (secondary N) is 1. The molecule has 1 saturated heterocycles. The van der Waals surface area contributed by atoms with E-state index in [4.69, 9.17) is 12.2 Å². The highest BCUT2D eigenvalue weighted by Crippen LogP contribution is 2.23. The zero-order valence-corrected chi connectivity index (χ0v) is 14.6. The molecule has 5 nitrogen and oxygen atoms in total. The van der Waals surface area contributed by atoms with Gasteiger partial charge in [0.1, 0.15) is 5.82 Å². The summed E-state index contributed by atoms with van der Waals surface area (Å²) in [6.45, 7) is 5.13. The second-order valence-electron chi connectivity index (χ2n) is 6.36. The van der Waals surface area contributed by atoms with E-state index in [1.807, 2.05) is 0 Å². The van der Waals surface area contributed by atoms with Crippen LogP contribution in [0.2, 0.25) is 0 Å². The molecule has 6 heteroatoms. The summed E-state index contributed by atoms with van der Waals surface area (Å²) in [6.07, 6.45) is 0. The number of aromatic nitrogens is 3. The van der Waals surface area contributed by atoms with Crippen LogP contribution in [-0.4, -0.2) is 57.8 Å². The number of aromatic amines is 1. The maximum Gasteiger partial charge on any atom is 0.199 e. The summed E-state index contributed by atoms with van der Waals surface area (Å²) in [7, 11) is 2.17. The minimum atomic E-state index is 0.649. The molecule has 0 spiro atoms. The van der Waals surface area contributed by atoms with Crippen LogP contribution in [0.3, 0.4) is 0 Å². The molecule has 0 amide bonds. The maximum absolute atomic E-state index is 5.52. The predicted molar refractivity (Wildman–Crippen MR) is 99.0 cm³/mol. The largest absolute Gasteiger partial charge is 0.304 e. The molecule has 4 rings (SSSR count). The summed E-state index contributed by atoms with van der Waals surface area (Å²) in [4.78, 5) is 4.80. The van der Waals surface area contributed by atoms with Gasteiger partial charge in [-0.1, -0.05) is 36.4 Å². The molecule has 24 heavy (non-hydrogen) atoms. The average Bonchev–Trinajstić information content (AvgIpc) is 2.97. The van der Waals surface area contributed by atoms with Gasteiger partial charge in [0.2, 0.25) is 0 Å². The van der Waals surface area contributed by atoms with Crippen molar-refractivity contribution in [3.8, 4) is 5.69 Å². The van der Waals surface area contributed by atoms with Crippen LogP contribution < -0.4 is 0 Å². The molecule has 1 fully saturated rings. The fraction of sp³-hybridized carbons (Fsp3) is 0.333. The summed E-state index contributed by atoms with van der Waals surface area (Å²) in [5.74, 6) is 0.973. The molecule has 0 unspecified atom stereocenters. The lowest BCUT2D eigenvalue weighted by Crippen LogP contribution is -2.44. The van der Waals surface area contributed by atoms with Crippen LogP contribution in [0.1, 0.15) is 5.82 Å². The summed E-state index contributed by atoms with van der Waals surface area (Å²) < 4.78 is 2.73. The predicted octanol–water partition coefficient (Wildman–Crippen LogP) is 2.83. The molecule has 2 heterocycles. The molecule has 0 aliphatic carbocycles.